The van der Waals surface area contributed by atoms with Crippen LogP contribution in [0.15, 0.2) is 22.5 Å². The van der Waals surface area contributed by atoms with Gasteiger partial charge in [0.1, 0.15) is 0 Å². The van der Waals surface area contributed by atoms with Crippen molar-refractivity contribution in [1.29, 1.82) is 0 Å². The lowest BCUT2D eigenvalue weighted by Gasteiger charge is -2.15. The topological polar surface area (TPSA) is 74.5 Å². The van der Waals surface area contributed by atoms with Gasteiger partial charge in [0, 0.05) is 37.3 Å². The fourth-order valence-corrected chi connectivity index (χ4v) is 3.45. The van der Waals surface area contributed by atoms with Gasteiger partial charge in [-0.15, -0.1) is 35.3 Å². The summed E-state index contributed by atoms with van der Waals surface area (Å²) in [5.74, 6) is 0.636. The Morgan fingerprint density at radius 1 is 1.29 bits per heavy atom. The summed E-state index contributed by atoms with van der Waals surface area (Å²) >= 11 is 1.69. The first-order valence-electron chi connectivity index (χ1n) is 9.24. The van der Waals surface area contributed by atoms with Crippen LogP contribution in [-0.2, 0) is 37.8 Å². The van der Waals surface area contributed by atoms with Crippen molar-refractivity contribution in [2.45, 2.75) is 39.8 Å². The second kappa shape index (κ2) is 12.1. The van der Waals surface area contributed by atoms with Crippen LogP contribution in [0.2, 0.25) is 0 Å². The number of halogens is 1. The fraction of sp³-hybridized carbons (Fsp3) is 0.526. The van der Waals surface area contributed by atoms with Crippen molar-refractivity contribution < 1.29 is 4.79 Å². The normalized spacial score (nSPS) is 11.1. The SMILES string of the molecule is CCc1nn(C)c(CC)c1CN=C(NCC(=O)N(C)C)NCc1cccs1.I. The molecule has 2 rings (SSSR count). The highest BCUT2D eigenvalue weighted by Gasteiger charge is 2.14. The lowest BCUT2D eigenvalue weighted by Crippen LogP contribution is -2.42. The Hall–Kier alpha value is -1.62. The number of hydrogen-bond donors (Lipinski definition) is 2. The largest absolute Gasteiger partial charge is 0.351 e. The van der Waals surface area contributed by atoms with Gasteiger partial charge in [0.15, 0.2) is 5.96 Å². The van der Waals surface area contributed by atoms with Crippen molar-refractivity contribution >= 4 is 47.2 Å². The lowest BCUT2D eigenvalue weighted by molar-refractivity contribution is -0.127. The number of amides is 1. The summed E-state index contributed by atoms with van der Waals surface area (Å²) < 4.78 is 1.95. The maximum absolute atomic E-state index is 11.9. The van der Waals surface area contributed by atoms with E-state index in [-0.39, 0.29) is 36.4 Å². The van der Waals surface area contributed by atoms with E-state index < -0.39 is 0 Å². The number of hydrogen-bond acceptors (Lipinski definition) is 4. The number of rotatable bonds is 8. The van der Waals surface area contributed by atoms with Crippen LogP contribution in [0.3, 0.4) is 0 Å². The molecule has 0 bridgehead atoms. The maximum Gasteiger partial charge on any atom is 0.241 e. The number of likely N-dealkylation sites (N-methyl/N-ethyl adjacent to an activating group) is 1. The van der Waals surface area contributed by atoms with Crippen LogP contribution in [0.5, 0.6) is 0 Å². The first kappa shape index (κ1) is 24.4. The summed E-state index contributed by atoms with van der Waals surface area (Å²) in [6.07, 6.45) is 1.79. The zero-order chi connectivity index (χ0) is 19.8. The molecule has 0 saturated heterocycles. The molecule has 0 fully saturated rings. The van der Waals surface area contributed by atoms with E-state index in [4.69, 9.17) is 4.99 Å². The molecule has 7 nitrogen and oxygen atoms in total. The Morgan fingerprint density at radius 2 is 2.04 bits per heavy atom. The first-order valence-corrected chi connectivity index (χ1v) is 10.1. The Kier molecular flexibility index (Phi) is 10.5. The third-order valence-corrected chi connectivity index (χ3v) is 5.22. The molecule has 0 atom stereocenters. The minimum atomic E-state index is 0. The quantitative estimate of drug-likeness (QED) is 0.320. The zero-order valence-corrected chi connectivity index (χ0v) is 20.4. The van der Waals surface area contributed by atoms with E-state index in [9.17, 15) is 4.79 Å². The number of aryl methyl sites for hydroxylation is 2. The van der Waals surface area contributed by atoms with Crippen LogP contribution in [0.4, 0.5) is 0 Å². The molecule has 0 unspecified atom stereocenters. The van der Waals surface area contributed by atoms with Crippen molar-refractivity contribution in [3.8, 4) is 0 Å². The van der Waals surface area contributed by atoms with Crippen molar-refractivity contribution in [2.75, 3.05) is 20.6 Å². The van der Waals surface area contributed by atoms with Gasteiger partial charge in [0.2, 0.25) is 5.91 Å². The molecule has 28 heavy (non-hydrogen) atoms. The second-order valence-corrected chi connectivity index (χ2v) is 7.47. The highest BCUT2D eigenvalue weighted by Crippen LogP contribution is 2.16. The van der Waals surface area contributed by atoms with Gasteiger partial charge in [-0.05, 0) is 24.3 Å². The van der Waals surface area contributed by atoms with Gasteiger partial charge in [0.05, 0.1) is 25.3 Å². The summed E-state index contributed by atoms with van der Waals surface area (Å²) in [6.45, 7) is 5.66. The van der Waals surface area contributed by atoms with Crippen molar-refractivity contribution in [3.05, 3.63) is 39.3 Å². The first-order chi connectivity index (χ1) is 13.0. The van der Waals surface area contributed by atoms with Crippen molar-refractivity contribution in [3.63, 3.8) is 0 Å². The van der Waals surface area contributed by atoms with Gasteiger partial charge in [-0.1, -0.05) is 19.9 Å². The van der Waals surface area contributed by atoms with Crippen LogP contribution in [0, 0.1) is 0 Å². The Labute approximate surface area is 188 Å². The number of guanidine groups is 1. The van der Waals surface area contributed by atoms with E-state index in [1.807, 2.05) is 23.2 Å². The zero-order valence-electron chi connectivity index (χ0n) is 17.3. The smallest absolute Gasteiger partial charge is 0.241 e. The number of carbonyl (C=O) groups excluding carboxylic acids is 1. The molecule has 2 N–H and O–H groups in total. The third kappa shape index (κ3) is 6.77. The van der Waals surface area contributed by atoms with E-state index in [0.29, 0.717) is 19.0 Å². The molecule has 1 amide bonds. The van der Waals surface area contributed by atoms with Gasteiger partial charge >= 0.3 is 0 Å². The molecule has 156 valence electrons. The molecule has 0 aliphatic carbocycles. The van der Waals surface area contributed by atoms with Crippen LogP contribution in [-0.4, -0.2) is 47.2 Å². The van der Waals surface area contributed by atoms with Crippen molar-refractivity contribution in [2.24, 2.45) is 12.0 Å². The van der Waals surface area contributed by atoms with Gasteiger partial charge in [0.25, 0.3) is 0 Å². The average Bonchev–Trinajstić information content (AvgIpc) is 3.27. The molecule has 2 aromatic heterocycles. The Morgan fingerprint density at radius 3 is 2.61 bits per heavy atom. The van der Waals surface area contributed by atoms with Crippen LogP contribution >= 0.6 is 35.3 Å². The number of aromatic nitrogens is 2. The Balaban J connectivity index is 0.00000392. The predicted molar refractivity (Wildman–Crippen MR) is 126 cm³/mol. The number of aliphatic imine (C=N–C) groups is 1. The second-order valence-electron chi connectivity index (χ2n) is 6.44. The molecule has 0 aliphatic heterocycles. The van der Waals surface area contributed by atoms with Gasteiger partial charge in [-0.3, -0.25) is 9.48 Å². The summed E-state index contributed by atoms with van der Waals surface area (Å²) in [5, 5.41) is 13.1. The van der Waals surface area contributed by atoms with Crippen molar-refractivity contribution in [1.82, 2.24) is 25.3 Å². The molecule has 2 aromatic rings. The van der Waals surface area contributed by atoms with Gasteiger partial charge in [-0.25, -0.2) is 4.99 Å². The lowest BCUT2D eigenvalue weighted by atomic mass is 10.1. The fourth-order valence-electron chi connectivity index (χ4n) is 2.81. The molecular weight excluding hydrogens is 487 g/mol. The average molecular weight is 518 g/mol. The van der Waals surface area contributed by atoms with Crippen LogP contribution < -0.4 is 10.6 Å². The molecule has 0 aliphatic rings. The van der Waals surface area contributed by atoms with E-state index >= 15 is 0 Å². The highest BCUT2D eigenvalue weighted by molar-refractivity contribution is 14.0. The monoisotopic (exact) mass is 518 g/mol. The number of nitrogens with one attached hydrogen (secondary N) is 2. The Bertz CT molecular complexity index is 770. The van der Waals surface area contributed by atoms with Crippen LogP contribution in [0.1, 0.15) is 35.7 Å². The van der Waals surface area contributed by atoms with Crippen LogP contribution in [0.25, 0.3) is 0 Å². The summed E-state index contributed by atoms with van der Waals surface area (Å²) in [4.78, 5) is 19.4. The van der Waals surface area contributed by atoms with E-state index in [1.54, 1.807) is 30.3 Å². The molecule has 0 aromatic carbocycles. The highest BCUT2D eigenvalue weighted by atomic mass is 127. The predicted octanol–water partition coefficient (Wildman–Crippen LogP) is 2.55. The van der Waals surface area contributed by atoms with E-state index in [2.05, 4.69) is 35.6 Å². The number of carbonyl (C=O) groups is 1. The standard InChI is InChI=1S/C19H30N6OS.HI/c1-6-16-15(17(7-2)25(5)23-16)12-21-19(22-13-18(26)24(3)4)20-11-14-9-8-10-27-14;/h8-10H,6-7,11-13H2,1-5H3,(H2,20,21,22);1H. The summed E-state index contributed by atoms with van der Waals surface area (Å²) in [6, 6.07) is 4.10. The minimum Gasteiger partial charge on any atom is -0.351 e. The van der Waals surface area contributed by atoms with Gasteiger partial charge < -0.3 is 15.5 Å². The number of thiophene rings is 1. The molecule has 0 radical (unpaired) electrons. The number of nitrogens with zero attached hydrogens (tertiary/aromatic N) is 4. The molecule has 2 heterocycles. The molecule has 0 spiro atoms. The van der Waals surface area contributed by atoms with E-state index in [0.717, 1.165) is 18.5 Å². The van der Waals surface area contributed by atoms with Gasteiger partial charge in [-0.2, -0.15) is 5.10 Å². The molecule has 9 heteroatoms. The summed E-state index contributed by atoms with van der Waals surface area (Å²) in [5.41, 5.74) is 3.47. The summed E-state index contributed by atoms with van der Waals surface area (Å²) in [7, 11) is 5.47. The minimum absolute atomic E-state index is 0. The molecular formula is C19H31IN6OS. The maximum atomic E-state index is 11.9. The molecule has 0 saturated carbocycles. The van der Waals surface area contributed by atoms with E-state index in [1.165, 1.54) is 16.1 Å². The third-order valence-electron chi connectivity index (χ3n) is 4.34.